The van der Waals surface area contributed by atoms with Gasteiger partial charge in [-0.25, -0.2) is 4.79 Å². The first-order valence-electron chi connectivity index (χ1n) is 7.85. The molecule has 2 heterocycles. The third-order valence-corrected chi connectivity index (χ3v) is 3.47. The van der Waals surface area contributed by atoms with Gasteiger partial charge in [0.05, 0.1) is 6.61 Å². The van der Waals surface area contributed by atoms with Crippen LogP contribution in [-0.4, -0.2) is 53.7 Å². The van der Waals surface area contributed by atoms with Gasteiger partial charge in [0.15, 0.2) is 0 Å². The monoisotopic (exact) mass is 320 g/mol. The van der Waals surface area contributed by atoms with Gasteiger partial charge in [-0.3, -0.25) is 9.78 Å². The van der Waals surface area contributed by atoms with Gasteiger partial charge in [0, 0.05) is 25.2 Å². The van der Waals surface area contributed by atoms with E-state index in [0.717, 1.165) is 6.42 Å². The van der Waals surface area contributed by atoms with E-state index in [0.29, 0.717) is 25.4 Å². The Kier molecular flexibility index (Phi) is 5.71. The Morgan fingerprint density at radius 2 is 2.13 bits per heavy atom. The summed E-state index contributed by atoms with van der Waals surface area (Å²) in [7, 11) is 0. The second kappa shape index (κ2) is 7.55. The van der Waals surface area contributed by atoms with Gasteiger partial charge in [-0.15, -0.1) is 0 Å². The third-order valence-electron chi connectivity index (χ3n) is 3.47. The summed E-state index contributed by atoms with van der Waals surface area (Å²) in [6.45, 7) is 7.29. The Labute approximate surface area is 136 Å². The summed E-state index contributed by atoms with van der Waals surface area (Å²) >= 11 is 0. The summed E-state index contributed by atoms with van der Waals surface area (Å²) in [5.41, 5.74) is -0.0740. The van der Waals surface area contributed by atoms with Gasteiger partial charge < -0.3 is 14.4 Å². The lowest BCUT2D eigenvalue weighted by Crippen LogP contribution is -2.35. The first kappa shape index (κ1) is 17.4. The fourth-order valence-corrected chi connectivity index (χ4v) is 2.38. The highest BCUT2D eigenvalue weighted by molar-refractivity contribution is 5.95. The molecule has 1 fully saturated rings. The van der Waals surface area contributed by atoms with E-state index in [4.69, 9.17) is 9.47 Å². The van der Waals surface area contributed by atoms with E-state index in [1.807, 2.05) is 20.8 Å². The molecule has 0 radical (unpaired) electrons. The van der Waals surface area contributed by atoms with Crippen LogP contribution in [0.25, 0.3) is 0 Å². The third kappa shape index (κ3) is 5.63. The number of pyridine rings is 1. The molecule has 1 aliphatic rings. The quantitative estimate of drug-likeness (QED) is 0.780. The largest absolute Gasteiger partial charge is 0.444 e. The van der Waals surface area contributed by atoms with Gasteiger partial charge in [0.2, 0.25) is 5.78 Å². The standard InChI is InChI=1S/C17H24N2O4/c1-17(2,3)23-16(21)19-9-7-13(10-19)11-22-12-15(20)14-6-4-5-8-18-14/h4-6,8,13H,7,9-12H2,1-3H3/t13-/m1/s1. The van der Waals surface area contributed by atoms with Gasteiger partial charge in [0.1, 0.15) is 17.9 Å². The van der Waals surface area contributed by atoms with E-state index in [-0.39, 0.29) is 24.4 Å². The van der Waals surface area contributed by atoms with Crippen LogP contribution in [0.4, 0.5) is 4.79 Å². The Hall–Kier alpha value is -1.95. The van der Waals surface area contributed by atoms with Crippen molar-refractivity contribution >= 4 is 11.9 Å². The van der Waals surface area contributed by atoms with Crippen molar-refractivity contribution in [2.45, 2.75) is 32.8 Å². The van der Waals surface area contributed by atoms with Gasteiger partial charge in [0.25, 0.3) is 0 Å². The minimum atomic E-state index is -0.485. The number of carbonyl (C=O) groups excluding carboxylic acids is 2. The van der Waals surface area contributed by atoms with Crippen molar-refractivity contribution in [3.05, 3.63) is 30.1 Å². The van der Waals surface area contributed by atoms with Gasteiger partial charge in [-0.1, -0.05) is 6.07 Å². The Morgan fingerprint density at radius 3 is 2.78 bits per heavy atom. The van der Waals surface area contributed by atoms with Crippen molar-refractivity contribution in [1.29, 1.82) is 0 Å². The second-order valence-electron chi connectivity index (χ2n) is 6.73. The Balaban J connectivity index is 1.70. The maximum atomic E-state index is 12.0. The summed E-state index contributed by atoms with van der Waals surface area (Å²) in [5, 5.41) is 0. The fourth-order valence-electron chi connectivity index (χ4n) is 2.38. The van der Waals surface area contributed by atoms with Crippen molar-refractivity contribution in [2.24, 2.45) is 5.92 Å². The molecule has 1 saturated heterocycles. The molecular weight excluding hydrogens is 296 g/mol. The van der Waals surface area contributed by atoms with Crippen molar-refractivity contribution in [1.82, 2.24) is 9.88 Å². The van der Waals surface area contributed by atoms with E-state index < -0.39 is 5.60 Å². The number of nitrogens with zero attached hydrogens (tertiary/aromatic N) is 2. The van der Waals surface area contributed by atoms with Crippen LogP contribution >= 0.6 is 0 Å². The molecule has 1 aromatic rings. The van der Waals surface area contributed by atoms with Gasteiger partial charge in [-0.2, -0.15) is 0 Å². The summed E-state index contributed by atoms with van der Waals surface area (Å²) in [4.78, 5) is 29.5. The molecule has 1 atom stereocenters. The van der Waals surface area contributed by atoms with Crippen molar-refractivity contribution in [3.63, 3.8) is 0 Å². The topological polar surface area (TPSA) is 68.7 Å². The SMILES string of the molecule is CC(C)(C)OC(=O)N1CC[C@@H](COCC(=O)c2ccccn2)C1. The average molecular weight is 320 g/mol. The maximum absolute atomic E-state index is 12.0. The minimum Gasteiger partial charge on any atom is -0.444 e. The number of rotatable bonds is 5. The molecule has 1 amide bonds. The van der Waals surface area contributed by atoms with Crippen LogP contribution in [0.3, 0.4) is 0 Å². The number of Topliss-reactive ketones (excluding diaryl/α,β-unsaturated/α-hetero) is 1. The van der Waals surface area contributed by atoms with E-state index in [9.17, 15) is 9.59 Å². The van der Waals surface area contributed by atoms with E-state index in [1.54, 1.807) is 29.3 Å². The summed E-state index contributed by atoms with van der Waals surface area (Å²) in [6.07, 6.45) is 2.16. The van der Waals surface area contributed by atoms with Crippen LogP contribution in [0.15, 0.2) is 24.4 Å². The normalized spacial score (nSPS) is 18.0. The lowest BCUT2D eigenvalue weighted by molar-refractivity contribution is 0.0273. The van der Waals surface area contributed by atoms with Crippen LogP contribution in [0.1, 0.15) is 37.7 Å². The van der Waals surface area contributed by atoms with Gasteiger partial charge >= 0.3 is 6.09 Å². The Bertz CT molecular complexity index is 539. The fraction of sp³-hybridized carbons (Fsp3) is 0.588. The number of amides is 1. The van der Waals surface area contributed by atoms with E-state index >= 15 is 0 Å². The molecule has 0 aromatic carbocycles. The molecule has 6 nitrogen and oxygen atoms in total. The first-order chi connectivity index (χ1) is 10.8. The molecule has 0 bridgehead atoms. The van der Waals surface area contributed by atoms with E-state index in [1.165, 1.54) is 0 Å². The molecule has 1 aromatic heterocycles. The number of aromatic nitrogens is 1. The predicted molar refractivity (Wildman–Crippen MR) is 85.3 cm³/mol. The zero-order valence-electron chi connectivity index (χ0n) is 13.9. The van der Waals surface area contributed by atoms with Crippen molar-refractivity contribution in [3.8, 4) is 0 Å². The highest BCUT2D eigenvalue weighted by atomic mass is 16.6. The van der Waals surface area contributed by atoms with Crippen LogP contribution in [0, 0.1) is 5.92 Å². The lowest BCUT2D eigenvalue weighted by Gasteiger charge is -2.24. The maximum Gasteiger partial charge on any atom is 0.410 e. The zero-order valence-corrected chi connectivity index (χ0v) is 13.9. The first-order valence-corrected chi connectivity index (χ1v) is 7.85. The summed E-state index contributed by atoms with van der Waals surface area (Å²) in [6, 6.07) is 5.21. The molecule has 6 heteroatoms. The molecule has 0 unspecified atom stereocenters. The summed E-state index contributed by atoms with van der Waals surface area (Å²) < 4.78 is 10.8. The van der Waals surface area contributed by atoms with E-state index in [2.05, 4.69) is 4.98 Å². The zero-order chi connectivity index (χ0) is 16.9. The number of ether oxygens (including phenoxy) is 2. The Morgan fingerprint density at radius 1 is 1.35 bits per heavy atom. The van der Waals surface area contributed by atoms with Gasteiger partial charge in [-0.05, 0) is 39.3 Å². The van der Waals surface area contributed by atoms with Crippen molar-refractivity contribution in [2.75, 3.05) is 26.3 Å². The number of hydrogen-bond acceptors (Lipinski definition) is 5. The van der Waals surface area contributed by atoms with Crippen LogP contribution in [-0.2, 0) is 9.47 Å². The molecule has 0 saturated carbocycles. The molecule has 0 N–H and O–H groups in total. The highest BCUT2D eigenvalue weighted by Crippen LogP contribution is 2.19. The number of carbonyl (C=O) groups is 2. The molecule has 0 aliphatic carbocycles. The van der Waals surface area contributed by atoms with Crippen LogP contribution in [0.5, 0.6) is 0 Å². The van der Waals surface area contributed by atoms with Crippen LogP contribution in [0.2, 0.25) is 0 Å². The smallest absolute Gasteiger partial charge is 0.410 e. The molecular formula is C17H24N2O4. The molecule has 2 rings (SSSR count). The van der Waals surface area contributed by atoms with Crippen LogP contribution < -0.4 is 0 Å². The van der Waals surface area contributed by atoms with Crippen molar-refractivity contribution < 1.29 is 19.1 Å². The molecule has 23 heavy (non-hydrogen) atoms. The summed E-state index contributed by atoms with van der Waals surface area (Å²) in [5.74, 6) is 0.103. The number of ketones is 1. The predicted octanol–water partition coefficient (Wildman–Crippen LogP) is 2.54. The lowest BCUT2D eigenvalue weighted by atomic mass is 10.1. The second-order valence-corrected chi connectivity index (χ2v) is 6.73. The molecule has 0 spiro atoms. The minimum absolute atomic E-state index is 0.0138. The highest BCUT2D eigenvalue weighted by Gasteiger charge is 2.29. The molecule has 1 aliphatic heterocycles. The molecule has 126 valence electrons. The average Bonchev–Trinajstić information content (AvgIpc) is 2.95. The number of likely N-dealkylation sites (tertiary alicyclic amines) is 1. The number of hydrogen-bond donors (Lipinski definition) is 0.